The van der Waals surface area contributed by atoms with Gasteiger partial charge in [-0.25, -0.2) is 9.97 Å². The summed E-state index contributed by atoms with van der Waals surface area (Å²) in [5.41, 5.74) is 14.8. The summed E-state index contributed by atoms with van der Waals surface area (Å²) in [5, 5.41) is 39.1. The van der Waals surface area contributed by atoms with E-state index >= 15 is 28.8 Å². The second kappa shape index (κ2) is 49.5. The summed E-state index contributed by atoms with van der Waals surface area (Å²) in [5.74, 6) is -16.5. The number of hydrogen-bond donors (Lipinski definition) is 17. The van der Waals surface area contributed by atoms with Gasteiger partial charge in [0, 0.05) is 131 Å². The highest BCUT2D eigenvalue weighted by atomic mass is 32.2. The van der Waals surface area contributed by atoms with Gasteiger partial charge in [-0.05, 0) is 73.8 Å². The van der Waals surface area contributed by atoms with Gasteiger partial charge in [-0.2, -0.15) is 0 Å². The second-order valence-electron chi connectivity index (χ2n) is 33.8. The lowest BCUT2D eigenvalue weighted by Crippen LogP contribution is -2.61. The van der Waals surface area contributed by atoms with Crippen LogP contribution >= 0.6 is 11.8 Å². The van der Waals surface area contributed by atoms with Crippen LogP contribution < -0.4 is 64.6 Å². The number of imidazole rings is 2. The lowest BCUT2D eigenvalue weighted by Gasteiger charge is -2.36. The fraction of sp³-hybridized carbons (Fsp3) is 0.500. The zero-order valence-electron chi connectivity index (χ0n) is 75.7. The van der Waals surface area contributed by atoms with E-state index in [1.54, 1.807) is 105 Å². The number of nitrogens with one attached hydrogen (secondary N) is 14. The Morgan fingerprint density at radius 1 is 0.508 bits per heavy atom. The first-order chi connectivity index (χ1) is 63.1. The van der Waals surface area contributed by atoms with Crippen molar-refractivity contribution in [1.82, 2.24) is 108 Å². The topological polar surface area (TPSA) is 588 Å². The van der Waals surface area contributed by atoms with Crippen molar-refractivity contribution in [3.8, 4) is 0 Å². The number of unbranched alkanes of at least 4 members (excludes halogenated alkanes) is 3. The first kappa shape index (κ1) is 102. The highest BCUT2D eigenvalue weighted by molar-refractivity contribution is 8.00. The number of likely N-dealkylation sites (N-methyl/N-ethyl adjacent to an activating group) is 4. The number of aromatic nitrogens is 6. The van der Waals surface area contributed by atoms with Gasteiger partial charge in [-0.1, -0.05) is 127 Å². The molecule has 712 valence electrons. The Labute approximate surface area is 768 Å². The standard InChI is InChI=1S/C90H123N23O18S/c1-10-12-15-30-73-90(131)111(8)71(29-13-11-2)84(125)102-64(38-57-43-94-50-99-57)82(123)108-70(79(120)97-44-75(92)116)47-132-48-77(118)101-66(34-53-23-16-14-17-24-53)87(128)110(7)52(5)78(119)104-68(39-74(91)115)89(130)113-32-22-31-72(113)85(126)103-63(37-56-42-93-49-98-56)81(122)105-65(33-51(3)4)86(127)109(6)45-76(117)100-62(35-54-40-95-60-27-20-18-25-58(54)60)80(121)107-69(46-114)83(124)106-67(88(129)112(73)9)36-55-41-96-61-28-21-19-26-59(55)61/h14,16-21,23-28,40-43,49-52,62-73,95-96,114H,10-13,15,22,29-39,44-48H2,1-9H3,(H2,91,115)(H2,92,116)(H,93,98)(H,94,99)(H,97,120)(H,100,117)(H,101,118)(H,102,125)(H,103,126)(H,104,119)(H,105,122)(H,106,124)(H,107,121)(H,108,123)/t52-,62-,63-,64-,65-,66-,67-,68-,69-,70-,71-,72-,73-/m0/s1. The lowest BCUT2D eigenvalue weighted by molar-refractivity contribution is -0.149. The highest BCUT2D eigenvalue weighted by Crippen LogP contribution is 2.26. The Bertz CT molecular complexity index is 5180. The van der Waals surface area contributed by atoms with Gasteiger partial charge in [0.05, 0.1) is 44.5 Å². The average molecular weight is 1850 g/mol. The molecule has 132 heavy (non-hydrogen) atoms. The number of benzene rings is 3. The van der Waals surface area contributed by atoms with Gasteiger partial charge in [0.25, 0.3) is 0 Å². The van der Waals surface area contributed by atoms with E-state index < -0.39 is 217 Å². The number of aliphatic hydroxyl groups is 1. The number of amides is 17. The quantitative estimate of drug-likeness (QED) is 0.0304. The Morgan fingerprint density at radius 3 is 1.59 bits per heavy atom. The number of hydrogen-bond acceptors (Lipinski definition) is 21. The number of thioether (sulfide) groups is 1. The van der Waals surface area contributed by atoms with Crippen molar-refractivity contribution < 1.29 is 86.6 Å². The molecule has 2 fully saturated rings. The Kier molecular flexibility index (Phi) is 38.3. The molecule has 2 aliphatic heterocycles. The molecular formula is C90H123N23O18S. The Hall–Kier alpha value is -13.5. The zero-order valence-corrected chi connectivity index (χ0v) is 76.5. The fourth-order valence-corrected chi connectivity index (χ4v) is 16.9. The van der Waals surface area contributed by atoms with Gasteiger partial charge < -0.3 is 114 Å². The van der Waals surface area contributed by atoms with Crippen LogP contribution in [0.1, 0.15) is 133 Å². The van der Waals surface area contributed by atoms with Crippen LogP contribution in [0.15, 0.2) is 116 Å². The lowest BCUT2D eigenvalue weighted by atomic mass is 9.99. The highest BCUT2D eigenvalue weighted by Gasteiger charge is 2.44. The molecule has 0 unspecified atom stereocenters. The Balaban J connectivity index is 1.08. The molecule has 13 atom stereocenters. The number of aliphatic hydroxyl groups excluding tert-OH is 1. The van der Waals surface area contributed by atoms with Gasteiger partial charge in [0.1, 0.15) is 78.5 Å². The molecule has 0 saturated carbocycles. The maximum absolute atomic E-state index is 15.8. The summed E-state index contributed by atoms with van der Waals surface area (Å²) in [6.07, 6.45) is 9.48. The van der Waals surface area contributed by atoms with E-state index in [2.05, 4.69) is 83.1 Å². The number of nitrogens with zero attached hydrogens (tertiary/aromatic N) is 7. The molecule has 2 saturated heterocycles. The van der Waals surface area contributed by atoms with Crippen LogP contribution in [-0.4, -0.2) is 304 Å². The maximum Gasteiger partial charge on any atom is 0.246 e. The van der Waals surface area contributed by atoms with Crippen molar-refractivity contribution in [2.45, 2.75) is 216 Å². The molecular weight excluding hydrogens is 1720 g/mol. The monoisotopic (exact) mass is 1850 g/mol. The smallest absolute Gasteiger partial charge is 0.246 e. The average Bonchev–Trinajstić information content (AvgIpc) is 1.65. The Morgan fingerprint density at radius 2 is 1.02 bits per heavy atom. The number of fused-ring (bicyclic) bond motifs is 3. The largest absolute Gasteiger partial charge is 0.394 e. The van der Waals surface area contributed by atoms with E-state index in [0.717, 1.165) is 26.5 Å². The molecule has 41 nitrogen and oxygen atoms in total. The van der Waals surface area contributed by atoms with Crippen LogP contribution in [0, 0.1) is 5.92 Å². The van der Waals surface area contributed by atoms with E-state index in [0.29, 0.717) is 82.0 Å². The minimum absolute atomic E-state index is 0.0102. The number of aromatic amines is 4. The number of primary amides is 2. The third kappa shape index (κ3) is 28.7. The molecule has 0 radical (unpaired) electrons. The number of carbonyl (C=O) groups excluding carboxylic acids is 17. The normalized spacial score (nSPS) is 23.6. The zero-order chi connectivity index (χ0) is 96.0. The van der Waals surface area contributed by atoms with Gasteiger partial charge >= 0.3 is 0 Å². The van der Waals surface area contributed by atoms with E-state index in [1.807, 2.05) is 13.8 Å². The predicted octanol–water partition coefficient (Wildman–Crippen LogP) is -1.05. The van der Waals surface area contributed by atoms with Crippen molar-refractivity contribution in [2.75, 3.05) is 65.9 Å². The summed E-state index contributed by atoms with van der Waals surface area (Å²) in [7, 11) is 5.30. The van der Waals surface area contributed by atoms with E-state index in [-0.39, 0.29) is 76.7 Å². The minimum Gasteiger partial charge on any atom is -0.394 e. The summed E-state index contributed by atoms with van der Waals surface area (Å²) in [6, 6.07) is 3.05. The van der Waals surface area contributed by atoms with E-state index in [1.165, 1.54) is 70.0 Å². The molecule has 0 bridgehead atoms. The minimum atomic E-state index is -1.84. The van der Waals surface area contributed by atoms with Crippen LogP contribution in [0.4, 0.5) is 0 Å². The van der Waals surface area contributed by atoms with Crippen LogP contribution in [0.5, 0.6) is 0 Å². The molecule has 6 heterocycles. The maximum atomic E-state index is 15.8. The fourth-order valence-electron chi connectivity index (χ4n) is 16.0. The summed E-state index contributed by atoms with van der Waals surface area (Å²) in [6.45, 7) is 6.06. The van der Waals surface area contributed by atoms with Crippen LogP contribution in [0.25, 0.3) is 21.8 Å². The van der Waals surface area contributed by atoms with Crippen molar-refractivity contribution in [1.29, 1.82) is 0 Å². The molecule has 42 heteroatoms. The number of nitrogens with two attached hydrogens (primary N) is 2. The third-order valence-electron chi connectivity index (χ3n) is 23.4. The molecule has 9 rings (SSSR count). The molecule has 17 amide bonds. The van der Waals surface area contributed by atoms with Gasteiger partial charge in [-0.15, -0.1) is 11.8 Å². The number of H-pyrrole nitrogens is 4. The van der Waals surface area contributed by atoms with Crippen molar-refractivity contribution >= 4 is 134 Å². The number of para-hydroxylation sites is 2. The molecule has 0 spiro atoms. The van der Waals surface area contributed by atoms with Crippen LogP contribution in [-0.2, 0) is 114 Å². The summed E-state index contributed by atoms with van der Waals surface area (Å²) in [4.78, 5) is 275. The SMILES string of the molecule is CCCCC[C@H]1C(=O)N(C)[C@@H](CCCC)C(=O)N[C@@H](Cc2cnc[nH]2)C(=O)N[C@H](C(=O)NCC(N)=O)CSCC(=O)N[C@@H](Cc2ccccc2)C(=O)N(C)[C@@H](C)C(=O)N[C@@H](CC(N)=O)C(=O)N2CCC[C@H]2C(=O)N[C@@H](Cc2cnc[nH]2)C(=O)N[C@@H](CC(C)C)C(=O)N(C)CC(=O)N[C@@H](Cc2c[nH]c3ccccc23)C(=O)N[C@@H](CO)C(=O)N[C@@H](Cc2c[nH]c3ccccc23)C(=O)N1C. The summed E-state index contributed by atoms with van der Waals surface area (Å²) < 4.78 is 0. The molecule has 2 aliphatic rings. The van der Waals surface area contributed by atoms with Crippen molar-refractivity contribution in [3.63, 3.8) is 0 Å². The molecule has 7 aromatic rings. The van der Waals surface area contributed by atoms with Crippen LogP contribution in [0.2, 0.25) is 0 Å². The molecule has 0 aliphatic carbocycles. The van der Waals surface area contributed by atoms with Gasteiger partial charge in [0.15, 0.2) is 0 Å². The predicted molar refractivity (Wildman–Crippen MR) is 487 cm³/mol. The van der Waals surface area contributed by atoms with E-state index in [9.17, 15) is 57.8 Å². The van der Waals surface area contributed by atoms with E-state index in [4.69, 9.17) is 11.5 Å². The molecule has 3 aromatic carbocycles. The van der Waals surface area contributed by atoms with Crippen molar-refractivity contribution in [3.05, 3.63) is 144 Å². The number of rotatable bonds is 25. The van der Waals surface area contributed by atoms with Gasteiger partial charge in [-0.3, -0.25) is 81.5 Å². The first-order valence-corrected chi connectivity index (χ1v) is 45.4. The first-order valence-electron chi connectivity index (χ1n) is 44.3. The van der Waals surface area contributed by atoms with Gasteiger partial charge in [0.2, 0.25) is 100 Å². The third-order valence-corrected chi connectivity index (χ3v) is 24.4. The number of carbonyl (C=O) groups is 17. The van der Waals surface area contributed by atoms with Crippen LogP contribution in [0.3, 0.4) is 0 Å². The van der Waals surface area contributed by atoms with Crippen molar-refractivity contribution in [2.24, 2.45) is 17.4 Å². The second-order valence-corrected chi connectivity index (χ2v) is 34.8. The molecule has 19 N–H and O–H groups in total. The molecule has 4 aromatic heterocycles. The summed E-state index contributed by atoms with van der Waals surface area (Å²) >= 11 is 0.808.